The van der Waals surface area contributed by atoms with Gasteiger partial charge >= 0.3 is 0 Å². The zero-order chi connectivity index (χ0) is 22.4. The molecule has 2 aromatic rings. The third-order valence-electron chi connectivity index (χ3n) is 7.60. The number of nitrogens with zero attached hydrogens (tertiary/aromatic N) is 1. The number of aromatic nitrogens is 2. The van der Waals surface area contributed by atoms with Crippen LogP contribution in [0.1, 0.15) is 68.2 Å². The van der Waals surface area contributed by atoms with Gasteiger partial charge in [-0.2, -0.15) is 0 Å². The van der Waals surface area contributed by atoms with E-state index < -0.39 is 6.17 Å². The number of rotatable bonds is 5. The van der Waals surface area contributed by atoms with Crippen molar-refractivity contribution in [2.75, 3.05) is 6.54 Å². The molecule has 0 spiro atoms. The van der Waals surface area contributed by atoms with Gasteiger partial charge < -0.3 is 15.4 Å². The van der Waals surface area contributed by atoms with Crippen molar-refractivity contribution >= 4 is 5.57 Å². The van der Waals surface area contributed by atoms with Crippen LogP contribution in [0.3, 0.4) is 0 Å². The SMILES string of the molecule is CCc1cc(O)ccc1C1CCC2C(c3ncc(C4=CC(C(C)C)NC4)[nH]3)NNC2C1F. The summed E-state index contributed by atoms with van der Waals surface area (Å²) in [6.07, 6.45) is 5.69. The van der Waals surface area contributed by atoms with Crippen LogP contribution in [0, 0.1) is 11.8 Å². The van der Waals surface area contributed by atoms with Crippen LogP contribution in [0.5, 0.6) is 5.75 Å². The van der Waals surface area contributed by atoms with Gasteiger partial charge in [-0.25, -0.2) is 14.8 Å². The smallest absolute Gasteiger partial charge is 0.125 e. The second kappa shape index (κ2) is 8.61. The number of phenols is 1. The second-order valence-electron chi connectivity index (χ2n) is 9.85. The lowest BCUT2D eigenvalue weighted by atomic mass is 9.71. The predicted molar refractivity (Wildman–Crippen MR) is 124 cm³/mol. The third-order valence-corrected chi connectivity index (χ3v) is 7.60. The molecule has 0 amide bonds. The Hall–Kier alpha value is -2.22. The standard InChI is InChI=1S/C25H34FN5O/c1-4-14-9-16(32)5-6-17(14)18-7-8-19-23(22(18)26)30-31-24(19)25-28-12-21(29-25)15-10-20(13(2)3)27-11-15/h5-6,9-10,12-13,18-20,22-24,27,30-32H,4,7-8,11H2,1-3H3,(H,28,29). The zero-order valence-electron chi connectivity index (χ0n) is 19.0. The average Bonchev–Trinajstić information content (AvgIpc) is 3.52. The van der Waals surface area contributed by atoms with E-state index in [4.69, 9.17) is 0 Å². The normalized spacial score (nSPS) is 32.3. The highest BCUT2D eigenvalue weighted by atomic mass is 19.1. The van der Waals surface area contributed by atoms with Crippen molar-refractivity contribution in [3.05, 3.63) is 53.1 Å². The number of fused-ring (bicyclic) bond motifs is 1. The van der Waals surface area contributed by atoms with Crippen molar-refractivity contribution in [2.24, 2.45) is 11.8 Å². The van der Waals surface area contributed by atoms with E-state index in [1.54, 1.807) is 12.1 Å². The number of hydrogen-bond acceptors (Lipinski definition) is 5. The van der Waals surface area contributed by atoms with Crippen LogP contribution in [0.4, 0.5) is 4.39 Å². The molecular formula is C25H34FN5O. The van der Waals surface area contributed by atoms with Crippen LogP contribution in [0.15, 0.2) is 30.5 Å². The van der Waals surface area contributed by atoms with Gasteiger partial charge in [-0.05, 0) is 54.0 Å². The fourth-order valence-electron chi connectivity index (χ4n) is 5.74. The van der Waals surface area contributed by atoms with Crippen molar-refractivity contribution in [1.29, 1.82) is 0 Å². The Morgan fingerprint density at radius 1 is 1.22 bits per heavy atom. The molecule has 172 valence electrons. The van der Waals surface area contributed by atoms with Crippen LogP contribution in [-0.4, -0.2) is 39.9 Å². The summed E-state index contributed by atoms with van der Waals surface area (Å²) < 4.78 is 15.8. The number of imidazole rings is 1. The number of aryl methyl sites for hydroxylation is 1. The number of phenolic OH excluding ortho intramolecular Hbond substituents is 1. The molecular weight excluding hydrogens is 405 g/mol. The summed E-state index contributed by atoms with van der Waals surface area (Å²) in [5, 5.41) is 13.4. The average molecular weight is 440 g/mol. The summed E-state index contributed by atoms with van der Waals surface area (Å²) in [6, 6.07) is 5.45. The highest BCUT2D eigenvalue weighted by Crippen LogP contribution is 2.45. The minimum absolute atomic E-state index is 0.0331. The molecule has 6 atom stereocenters. The van der Waals surface area contributed by atoms with Gasteiger partial charge in [0.05, 0.1) is 24.0 Å². The maximum atomic E-state index is 15.8. The Kier molecular flexibility index (Phi) is 5.82. The predicted octanol–water partition coefficient (Wildman–Crippen LogP) is 3.74. The molecule has 2 fully saturated rings. The van der Waals surface area contributed by atoms with E-state index in [0.29, 0.717) is 12.0 Å². The summed E-state index contributed by atoms with van der Waals surface area (Å²) in [7, 11) is 0. The maximum Gasteiger partial charge on any atom is 0.125 e. The number of hydrazine groups is 1. The van der Waals surface area contributed by atoms with E-state index in [1.807, 2.05) is 12.3 Å². The van der Waals surface area contributed by atoms with E-state index in [1.165, 1.54) is 5.57 Å². The lowest BCUT2D eigenvalue weighted by Gasteiger charge is -2.36. The monoisotopic (exact) mass is 439 g/mol. The summed E-state index contributed by atoms with van der Waals surface area (Å²) in [5.74, 6) is 1.65. The third kappa shape index (κ3) is 3.76. The number of alkyl halides is 1. The first kappa shape index (κ1) is 21.6. The summed E-state index contributed by atoms with van der Waals surface area (Å²) in [6.45, 7) is 7.33. The highest BCUT2D eigenvalue weighted by molar-refractivity contribution is 5.66. The minimum Gasteiger partial charge on any atom is -0.508 e. The van der Waals surface area contributed by atoms with E-state index in [-0.39, 0.29) is 29.7 Å². The Morgan fingerprint density at radius 3 is 2.81 bits per heavy atom. The van der Waals surface area contributed by atoms with Crippen molar-refractivity contribution < 1.29 is 9.50 Å². The molecule has 1 saturated heterocycles. The first-order valence-corrected chi connectivity index (χ1v) is 11.9. The van der Waals surface area contributed by atoms with Crippen molar-refractivity contribution in [2.45, 2.75) is 70.2 Å². The van der Waals surface area contributed by atoms with E-state index in [2.05, 4.69) is 53.0 Å². The molecule has 0 bridgehead atoms. The van der Waals surface area contributed by atoms with Crippen LogP contribution >= 0.6 is 0 Å². The number of halogens is 1. The van der Waals surface area contributed by atoms with Crippen molar-refractivity contribution in [3.63, 3.8) is 0 Å². The first-order chi connectivity index (χ1) is 15.5. The molecule has 5 rings (SSSR count). The number of aromatic amines is 1. The Labute approximate surface area is 189 Å². The summed E-state index contributed by atoms with van der Waals surface area (Å²) in [5.41, 5.74) is 10.9. The molecule has 1 aromatic heterocycles. The molecule has 1 aliphatic carbocycles. The minimum atomic E-state index is -0.996. The van der Waals surface area contributed by atoms with Gasteiger partial charge in [0.1, 0.15) is 17.7 Å². The molecule has 1 saturated carbocycles. The number of hydrogen-bond donors (Lipinski definition) is 5. The quantitative estimate of drug-likeness (QED) is 0.490. The molecule has 5 N–H and O–H groups in total. The van der Waals surface area contributed by atoms with Crippen LogP contribution in [-0.2, 0) is 6.42 Å². The highest BCUT2D eigenvalue weighted by Gasteiger charge is 2.48. The topological polar surface area (TPSA) is 85.0 Å². The number of benzene rings is 1. The van der Waals surface area contributed by atoms with E-state index >= 15 is 4.39 Å². The Bertz CT molecular complexity index is 1000. The van der Waals surface area contributed by atoms with Crippen LogP contribution in [0.2, 0.25) is 0 Å². The zero-order valence-corrected chi connectivity index (χ0v) is 19.0. The molecule has 3 heterocycles. The molecule has 2 aliphatic heterocycles. The van der Waals surface area contributed by atoms with Crippen molar-refractivity contribution in [1.82, 2.24) is 26.1 Å². The number of nitrogens with one attached hydrogen (secondary N) is 4. The Balaban J connectivity index is 1.32. The van der Waals surface area contributed by atoms with E-state index in [9.17, 15) is 5.11 Å². The lowest BCUT2D eigenvalue weighted by molar-refractivity contribution is 0.135. The van der Waals surface area contributed by atoms with Gasteiger partial charge in [0, 0.05) is 24.4 Å². The van der Waals surface area contributed by atoms with Gasteiger partial charge in [-0.1, -0.05) is 32.9 Å². The molecule has 3 aliphatic rings. The Morgan fingerprint density at radius 2 is 2.06 bits per heavy atom. The van der Waals surface area contributed by atoms with Gasteiger partial charge in [-0.15, -0.1) is 0 Å². The van der Waals surface area contributed by atoms with Crippen LogP contribution < -0.4 is 16.2 Å². The fraction of sp³-hybridized carbons (Fsp3) is 0.560. The lowest BCUT2D eigenvalue weighted by Crippen LogP contribution is -2.45. The molecule has 6 unspecified atom stereocenters. The van der Waals surface area contributed by atoms with Crippen LogP contribution in [0.25, 0.3) is 5.57 Å². The van der Waals surface area contributed by atoms with E-state index in [0.717, 1.165) is 48.5 Å². The van der Waals surface area contributed by atoms with Crippen molar-refractivity contribution in [3.8, 4) is 5.75 Å². The van der Waals surface area contributed by atoms with Gasteiger partial charge in [-0.3, -0.25) is 5.43 Å². The molecule has 0 radical (unpaired) electrons. The molecule has 1 aromatic carbocycles. The van der Waals surface area contributed by atoms with Gasteiger partial charge in [0.25, 0.3) is 0 Å². The maximum absolute atomic E-state index is 15.8. The number of H-pyrrole nitrogens is 1. The largest absolute Gasteiger partial charge is 0.508 e. The van der Waals surface area contributed by atoms with Gasteiger partial charge in [0.2, 0.25) is 0 Å². The molecule has 6 nitrogen and oxygen atoms in total. The second-order valence-corrected chi connectivity index (χ2v) is 9.85. The summed E-state index contributed by atoms with van der Waals surface area (Å²) >= 11 is 0. The fourth-order valence-corrected chi connectivity index (χ4v) is 5.74. The molecule has 7 heteroatoms. The first-order valence-electron chi connectivity index (χ1n) is 11.9. The summed E-state index contributed by atoms with van der Waals surface area (Å²) in [4.78, 5) is 8.17. The van der Waals surface area contributed by atoms with Gasteiger partial charge in [0.15, 0.2) is 0 Å². The molecule has 32 heavy (non-hydrogen) atoms. The number of aromatic hydroxyl groups is 1.